The molecule has 2 aromatic carbocycles. The van der Waals surface area contributed by atoms with Crippen LogP contribution >= 0.6 is 0 Å². The Kier molecular flexibility index (Phi) is 5.71. The lowest BCUT2D eigenvalue weighted by atomic mass is 9.98. The van der Waals surface area contributed by atoms with Crippen LogP contribution in [0.5, 0.6) is 5.75 Å². The average Bonchev–Trinajstić information content (AvgIpc) is 2.91. The maximum Gasteiger partial charge on any atom is 0.229 e. The minimum atomic E-state index is -0.126. The van der Waals surface area contributed by atoms with Gasteiger partial charge in [0.2, 0.25) is 5.91 Å². The first-order chi connectivity index (χ1) is 12.2. The summed E-state index contributed by atoms with van der Waals surface area (Å²) in [5, 5.41) is 8.95. The summed E-state index contributed by atoms with van der Waals surface area (Å²) in [5.41, 5.74) is 2.32. The Balaban J connectivity index is 1.67. The van der Waals surface area contributed by atoms with Gasteiger partial charge in [0.15, 0.2) is 0 Å². The van der Waals surface area contributed by atoms with Crippen molar-refractivity contribution in [2.45, 2.75) is 25.4 Å². The van der Waals surface area contributed by atoms with Crippen molar-refractivity contribution in [2.75, 3.05) is 20.2 Å². The molecule has 2 atom stereocenters. The third-order valence-electron chi connectivity index (χ3n) is 4.77. The summed E-state index contributed by atoms with van der Waals surface area (Å²) in [6.45, 7) is 0.784. The number of aliphatic hydroxyl groups excluding tert-OH is 1. The van der Waals surface area contributed by atoms with Gasteiger partial charge in [-0.3, -0.25) is 4.79 Å². The Labute approximate surface area is 149 Å². The molecule has 0 spiro atoms. The topological polar surface area (TPSA) is 49.8 Å². The largest absolute Gasteiger partial charge is 0.488 e. The van der Waals surface area contributed by atoms with Crippen LogP contribution in [-0.4, -0.2) is 42.2 Å². The number of ether oxygens (including phenoxy) is 1. The summed E-state index contributed by atoms with van der Waals surface area (Å²) in [5.74, 6) is 0.814. The van der Waals surface area contributed by atoms with Crippen LogP contribution < -0.4 is 4.74 Å². The van der Waals surface area contributed by atoms with Gasteiger partial charge in [0.25, 0.3) is 0 Å². The van der Waals surface area contributed by atoms with Gasteiger partial charge in [0, 0.05) is 13.7 Å². The standard InChI is InChI=1S/C21H25NO3/c1-22-15-20(19(21(22)24)9-5-6-14-23)25-18-12-10-17(11-13-18)16-7-3-2-4-8-16/h2-4,7-8,10-13,19-20,23H,5-6,9,14-15H2,1H3. The normalized spacial score (nSPS) is 20.1. The third-order valence-corrected chi connectivity index (χ3v) is 4.77. The first-order valence-electron chi connectivity index (χ1n) is 8.87. The van der Waals surface area contributed by atoms with E-state index in [0.717, 1.165) is 30.6 Å². The van der Waals surface area contributed by atoms with Crippen molar-refractivity contribution in [1.29, 1.82) is 0 Å². The molecule has 4 heteroatoms. The number of aliphatic hydroxyl groups is 1. The average molecular weight is 339 g/mol. The van der Waals surface area contributed by atoms with Gasteiger partial charge in [-0.15, -0.1) is 0 Å². The highest BCUT2D eigenvalue weighted by Gasteiger charge is 2.39. The minimum absolute atomic E-state index is 0.120. The van der Waals surface area contributed by atoms with Gasteiger partial charge in [-0.2, -0.15) is 0 Å². The highest BCUT2D eigenvalue weighted by Crippen LogP contribution is 2.28. The molecule has 1 heterocycles. The SMILES string of the molecule is CN1CC(Oc2ccc(-c3ccccc3)cc2)C(CCCCO)C1=O. The van der Waals surface area contributed by atoms with Gasteiger partial charge in [0.1, 0.15) is 11.9 Å². The number of likely N-dealkylation sites (N-methyl/N-ethyl adjacent to an activating group) is 1. The Morgan fingerprint density at radius 1 is 1.04 bits per heavy atom. The lowest BCUT2D eigenvalue weighted by Crippen LogP contribution is -2.27. The molecule has 25 heavy (non-hydrogen) atoms. The van der Waals surface area contributed by atoms with Crippen LogP contribution in [0.4, 0.5) is 0 Å². The van der Waals surface area contributed by atoms with Gasteiger partial charge in [-0.1, -0.05) is 48.9 Å². The molecule has 1 aliphatic heterocycles. The number of benzene rings is 2. The number of hydrogen-bond acceptors (Lipinski definition) is 3. The van der Waals surface area contributed by atoms with Crippen molar-refractivity contribution in [3.8, 4) is 16.9 Å². The third kappa shape index (κ3) is 4.20. The van der Waals surface area contributed by atoms with Crippen molar-refractivity contribution in [3.63, 3.8) is 0 Å². The molecule has 0 saturated carbocycles. The highest BCUT2D eigenvalue weighted by atomic mass is 16.5. The number of likely N-dealkylation sites (tertiary alicyclic amines) is 1. The molecule has 0 aliphatic carbocycles. The molecule has 0 aromatic heterocycles. The molecule has 1 amide bonds. The van der Waals surface area contributed by atoms with Crippen LogP contribution in [-0.2, 0) is 4.79 Å². The van der Waals surface area contributed by atoms with E-state index in [0.29, 0.717) is 6.54 Å². The maximum absolute atomic E-state index is 12.3. The van der Waals surface area contributed by atoms with Gasteiger partial charge in [-0.25, -0.2) is 0 Å². The number of amides is 1. The van der Waals surface area contributed by atoms with Gasteiger partial charge in [0.05, 0.1) is 12.5 Å². The molecule has 1 fully saturated rings. The molecule has 4 nitrogen and oxygen atoms in total. The number of rotatable bonds is 7. The Hall–Kier alpha value is -2.33. The van der Waals surface area contributed by atoms with Crippen molar-refractivity contribution >= 4 is 5.91 Å². The first-order valence-corrected chi connectivity index (χ1v) is 8.87. The van der Waals surface area contributed by atoms with E-state index in [9.17, 15) is 4.79 Å². The minimum Gasteiger partial charge on any atom is -0.488 e. The fourth-order valence-electron chi connectivity index (χ4n) is 3.37. The van der Waals surface area contributed by atoms with Crippen molar-refractivity contribution in [2.24, 2.45) is 5.92 Å². The van der Waals surface area contributed by atoms with E-state index >= 15 is 0 Å². The van der Waals surface area contributed by atoms with E-state index in [-0.39, 0.29) is 24.5 Å². The molecule has 1 saturated heterocycles. The van der Waals surface area contributed by atoms with Crippen LogP contribution in [0.25, 0.3) is 11.1 Å². The number of carbonyl (C=O) groups excluding carboxylic acids is 1. The molecular formula is C21H25NO3. The van der Waals surface area contributed by atoms with Crippen molar-refractivity contribution in [3.05, 3.63) is 54.6 Å². The van der Waals surface area contributed by atoms with E-state index in [1.54, 1.807) is 4.90 Å². The number of carbonyl (C=O) groups is 1. The zero-order valence-corrected chi connectivity index (χ0v) is 14.6. The summed E-state index contributed by atoms with van der Waals surface area (Å²) in [4.78, 5) is 14.1. The summed E-state index contributed by atoms with van der Waals surface area (Å²) >= 11 is 0. The number of nitrogens with zero attached hydrogens (tertiary/aromatic N) is 1. The van der Waals surface area contributed by atoms with E-state index in [2.05, 4.69) is 12.1 Å². The quantitative estimate of drug-likeness (QED) is 0.787. The van der Waals surface area contributed by atoms with Crippen molar-refractivity contribution < 1.29 is 14.6 Å². The zero-order valence-electron chi connectivity index (χ0n) is 14.6. The Morgan fingerprint density at radius 3 is 2.40 bits per heavy atom. The second-order valence-corrected chi connectivity index (χ2v) is 6.59. The molecule has 1 N–H and O–H groups in total. The van der Waals surface area contributed by atoms with Crippen LogP contribution in [0.2, 0.25) is 0 Å². The summed E-state index contributed by atoms with van der Waals surface area (Å²) in [6, 6.07) is 18.2. The van der Waals surface area contributed by atoms with E-state index in [1.165, 1.54) is 5.56 Å². The van der Waals surface area contributed by atoms with Crippen LogP contribution in [0.15, 0.2) is 54.6 Å². The highest BCUT2D eigenvalue weighted by molar-refractivity contribution is 5.81. The lowest BCUT2D eigenvalue weighted by molar-refractivity contribution is -0.130. The molecular weight excluding hydrogens is 314 g/mol. The molecule has 1 aliphatic rings. The smallest absolute Gasteiger partial charge is 0.229 e. The number of hydrogen-bond donors (Lipinski definition) is 1. The lowest BCUT2D eigenvalue weighted by Gasteiger charge is -2.19. The summed E-state index contributed by atoms with van der Waals surface area (Å²) in [6.07, 6.45) is 2.20. The van der Waals surface area contributed by atoms with Gasteiger partial charge < -0.3 is 14.7 Å². The predicted molar refractivity (Wildman–Crippen MR) is 98.4 cm³/mol. The maximum atomic E-state index is 12.3. The monoisotopic (exact) mass is 339 g/mol. The van der Waals surface area contributed by atoms with Crippen LogP contribution in [0.3, 0.4) is 0 Å². The number of unbranched alkanes of at least 4 members (excludes halogenated alkanes) is 1. The zero-order chi connectivity index (χ0) is 17.6. The molecule has 2 unspecified atom stereocenters. The first kappa shape index (κ1) is 17.5. The van der Waals surface area contributed by atoms with E-state index in [4.69, 9.17) is 9.84 Å². The van der Waals surface area contributed by atoms with Gasteiger partial charge in [-0.05, 0) is 36.1 Å². The second kappa shape index (κ2) is 8.17. The predicted octanol–water partition coefficient (Wildman–Crippen LogP) is 3.35. The molecule has 0 radical (unpaired) electrons. The van der Waals surface area contributed by atoms with E-state index < -0.39 is 0 Å². The van der Waals surface area contributed by atoms with Crippen LogP contribution in [0, 0.1) is 5.92 Å². The summed E-state index contributed by atoms with van der Waals surface area (Å²) < 4.78 is 6.13. The Morgan fingerprint density at radius 2 is 1.72 bits per heavy atom. The molecule has 2 aromatic rings. The van der Waals surface area contributed by atoms with Gasteiger partial charge >= 0.3 is 0 Å². The molecule has 3 rings (SSSR count). The van der Waals surface area contributed by atoms with Crippen LogP contribution in [0.1, 0.15) is 19.3 Å². The second-order valence-electron chi connectivity index (χ2n) is 6.59. The molecule has 0 bridgehead atoms. The Bertz CT molecular complexity index is 684. The molecule has 132 valence electrons. The summed E-state index contributed by atoms with van der Waals surface area (Å²) in [7, 11) is 1.82. The fourth-order valence-corrected chi connectivity index (χ4v) is 3.37. The van der Waals surface area contributed by atoms with Crippen molar-refractivity contribution in [1.82, 2.24) is 4.90 Å². The fraction of sp³-hybridized carbons (Fsp3) is 0.381. The van der Waals surface area contributed by atoms with E-state index in [1.807, 2.05) is 49.5 Å².